The van der Waals surface area contributed by atoms with Crippen molar-refractivity contribution in [1.29, 1.82) is 0 Å². The van der Waals surface area contributed by atoms with Crippen LogP contribution >= 0.6 is 0 Å². The highest BCUT2D eigenvalue weighted by Gasteiger charge is 2.13. The Labute approximate surface area is 201 Å². The molecule has 3 heterocycles. The minimum Gasteiger partial charge on any atom is -0.348 e. The van der Waals surface area contributed by atoms with Crippen LogP contribution in [0.25, 0.3) is 22.5 Å². The van der Waals surface area contributed by atoms with Crippen LogP contribution in [0.4, 0.5) is 10.2 Å². The number of carbonyl (C=O) groups excluding carboxylic acids is 2. The zero-order chi connectivity index (χ0) is 24.8. The second kappa shape index (κ2) is 10.5. The van der Waals surface area contributed by atoms with Crippen molar-refractivity contribution in [2.45, 2.75) is 20.0 Å². The Morgan fingerprint density at radius 3 is 2.54 bits per heavy atom. The number of nitrogens with one attached hydrogen (secondary N) is 2. The maximum atomic E-state index is 13.4. The molecule has 0 atom stereocenters. The Hall–Kier alpha value is -4.66. The predicted octanol–water partition coefficient (Wildman–Crippen LogP) is 3.96. The van der Waals surface area contributed by atoms with E-state index in [0.717, 1.165) is 22.3 Å². The van der Waals surface area contributed by atoms with Gasteiger partial charge in [0.25, 0.3) is 0 Å². The molecule has 1 aromatic carbocycles. The van der Waals surface area contributed by atoms with Gasteiger partial charge >= 0.3 is 0 Å². The fourth-order valence-corrected chi connectivity index (χ4v) is 3.45. The standard InChI is InChI=1S/C26H23FN6O2/c1-3-26(35)30-15-20-14-28-24(19-5-7-21(27)8-6-19)12-22(20)23-10-11-33(32-23)16-18-4-9-25(29-13-18)31-17(2)34/h3-14H,1,15-16H2,2H3,(H,30,35)(H,29,31,34). The molecule has 0 aliphatic heterocycles. The summed E-state index contributed by atoms with van der Waals surface area (Å²) in [4.78, 5) is 31.6. The molecular formula is C26H23FN6O2. The van der Waals surface area contributed by atoms with E-state index in [0.29, 0.717) is 23.8 Å². The van der Waals surface area contributed by atoms with Crippen molar-refractivity contribution in [1.82, 2.24) is 25.1 Å². The molecule has 0 saturated heterocycles. The molecule has 8 nitrogen and oxygen atoms in total. The average Bonchev–Trinajstić information content (AvgIpc) is 3.32. The molecule has 4 aromatic rings. The van der Waals surface area contributed by atoms with Crippen molar-refractivity contribution in [2.75, 3.05) is 5.32 Å². The zero-order valence-corrected chi connectivity index (χ0v) is 19.0. The average molecular weight is 471 g/mol. The van der Waals surface area contributed by atoms with Gasteiger partial charge in [0.2, 0.25) is 11.8 Å². The van der Waals surface area contributed by atoms with Crippen molar-refractivity contribution in [3.05, 3.63) is 96.7 Å². The number of benzene rings is 1. The highest BCUT2D eigenvalue weighted by molar-refractivity contribution is 5.87. The molecular weight excluding hydrogens is 447 g/mol. The first-order chi connectivity index (χ1) is 16.9. The SMILES string of the molecule is C=CC(=O)NCc1cnc(-c2ccc(F)cc2)cc1-c1ccn(Cc2ccc(NC(C)=O)nc2)n1. The first-order valence-corrected chi connectivity index (χ1v) is 10.8. The van der Waals surface area contributed by atoms with Gasteiger partial charge in [0, 0.05) is 43.2 Å². The highest BCUT2D eigenvalue weighted by Crippen LogP contribution is 2.27. The second-order valence-corrected chi connectivity index (χ2v) is 7.79. The van der Waals surface area contributed by atoms with Gasteiger partial charge in [-0.25, -0.2) is 9.37 Å². The lowest BCUT2D eigenvalue weighted by molar-refractivity contribution is -0.116. The molecule has 3 aromatic heterocycles. The van der Waals surface area contributed by atoms with Crippen LogP contribution in [0.2, 0.25) is 0 Å². The molecule has 9 heteroatoms. The molecule has 35 heavy (non-hydrogen) atoms. The lowest BCUT2D eigenvalue weighted by atomic mass is 10.0. The van der Waals surface area contributed by atoms with Crippen molar-refractivity contribution in [3.8, 4) is 22.5 Å². The van der Waals surface area contributed by atoms with Crippen LogP contribution in [0.15, 0.2) is 79.8 Å². The van der Waals surface area contributed by atoms with Crippen LogP contribution in [0.1, 0.15) is 18.1 Å². The highest BCUT2D eigenvalue weighted by atomic mass is 19.1. The number of hydrogen-bond acceptors (Lipinski definition) is 5. The molecule has 2 N–H and O–H groups in total. The number of amides is 2. The Bertz CT molecular complexity index is 1360. The first kappa shape index (κ1) is 23.5. The smallest absolute Gasteiger partial charge is 0.243 e. The van der Waals surface area contributed by atoms with Gasteiger partial charge in [-0.3, -0.25) is 19.3 Å². The quantitative estimate of drug-likeness (QED) is 0.380. The summed E-state index contributed by atoms with van der Waals surface area (Å²) < 4.78 is 15.1. The molecule has 0 radical (unpaired) electrons. The maximum absolute atomic E-state index is 13.4. The number of rotatable bonds is 8. The van der Waals surface area contributed by atoms with Gasteiger partial charge in [-0.1, -0.05) is 12.6 Å². The van der Waals surface area contributed by atoms with E-state index in [1.165, 1.54) is 25.1 Å². The summed E-state index contributed by atoms with van der Waals surface area (Å²) in [6.45, 7) is 5.63. The summed E-state index contributed by atoms with van der Waals surface area (Å²) in [7, 11) is 0. The number of hydrogen-bond donors (Lipinski definition) is 2. The first-order valence-electron chi connectivity index (χ1n) is 10.8. The van der Waals surface area contributed by atoms with Gasteiger partial charge < -0.3 is 10.6 Å². The van der Waals surface area contributed by atoms with E-state index in [1.807, 2.05) is 24.4 Å². The van der Waals surface area contributed by atoms with E-state index < -0.39 is 0 Å². The molecule has 2 amide bonds. The van der Waals surface area contributed by atoms with Gasteiger partial charge in [-0.15, -0.1) is 0 Å². The molecule has 0 fully saturated rings. The van der Waals surface area contributed by atoms with Gasteiger partial charge in [-0.2, -0.15) is 5.10 Å². The molecule has 0 aliphatic carbocycles. The third-order valence-corrected chi connectivity index (χ3v) is 5.15. The van der Waals surface area contributed by atoms with Gasteiger partial charge in [0.05, 0.1) is 17.9 Å². The van der Waals surface area contributed by atoms with Crippen LogP contribution in [-0.4, -0.2) is 31.6 Å². The molecule has 4 rings (SSSR count). The van der Waals surface area contributed by atoms with Gasteiger partial charge in [0.1, 0.15) is 11.6 Å². The third-order valence-electron chi connectivity index (χ3n) is 5.15. The van der Waals surface area contributed by atoms with Gasteiger partial charge in [0.15, 0.2) is 0 Å². The topological polar surface area (TPSA) is 102 Å². The maximum Gasteiger partial charge on any atom is 0.243 e. The van der Waals surface area contributed by atoms with Crippen LogP contribution in [0.5, 0.6) is 0 Å². The molecule has 0 aliphatic rings. The lowest BCUT2D eigenvalue weighted by Gasteiger charge is -2.11. The van der Waals surface area contributed by atoms with E-state index in [2.05, 4.69) is 27.2 Å². The van der Waals surface area contributed by atoms with Crippen LogP contribution < -0.4 is 10.6 Å². The lowest BCUT2D eigenvalue weighted by Crippen LogP contribution is -2.20. The Balaban J connectivity index is 1.62. The summed E-state index contributed by atoms with van der Waals surface area (Å²) in [6.07, 6.45) is 6.42. The predicted molar refractivity (Wildman–Crippen MR) is 131 cm³/mol. The summed E-state index contributed by atoms with van der Waals surface area (Å²) in [5.74, 6) is -0.312. The third kappa shape index (κ3) is 6.02. The van der Waals surface area contributed by atoms with E-state index in [9.17, 15) is 14.0 Å². The summed E-state index contributed by atoms with van der Waals surface area (Å²) in [5, 5.41) is 10.1. The van der Waals surface area contributed by atoms with Crippen molar-refractivity contribution < 1.29 is 14.0 Å². The number of pyridine rings is 2. The fourth-order valence-electron chi connectivity index (χ4n) is 3.45. The van der Waals surface area contributed by atoms with Crippen molar-refractivity contribution >= 4 is 17.6 Å². The second-order valence-electron chi connectivity index (χ2n) is 7.79. The van der Waals surface area contributed by atoms with E-state index in [4.69, 9.17) is 5.10 Å². The Kier molecular flexibility index (Phi) is 7.06. The summed E-state index contributed by atoms with van der Waals surface area (Å²) >= 11 is 0. The fraction of sp³-hybridized carbons (Fsp3) is 0.115. The molecule has 0 unspecified atom stereocenters. The van der Waals surface area contributed by atoms with E-state index >= 15 is 0 Å². The summed E-state index contributed by atoms with van der Waals surface area (Å²) in [6, 6.07) is 13.5. The van der Waals surface area contributed by atoms with Gasteiger partial charge in [-0.05, 0) is 59.7 Å². The number of anilines is 1. The number of nitrogens with zero attached hydrogens (tertiary/aromatic N) is 4. The van der Waals surface area contributed by atoms with Crippen LogP contribution in [0, 0.1) is 5.82 Å². The number of halogens is 1. The van der Waals surface area contributed by atoms with E-state index in [1.54, 1.807) is 35.3 Å². The Morgan fingerprint density at radius 2 is 1.86 bits per heavy atom. The Morgan fingerprint density at radius 1 is 1.06 bits per heavy atom. The van der Waals surface area contributed by atoms with Crippen molar-refractivity contribution in [3.63, 3.8) is 0 Å². The largest absolute Gasteiger partial charge is 0.348 e. The molecule has 0 bridgehead atoms. The monoisotopic (exact) mass is 470 g/mol. The molecule has 0 saturated carbocycles. The summed E-state index contributed by atoms with van der Waals surface area (Å²) in [5.41, 5.74) is 4.60. The van der Waals surface area contributed by atoms with Crippen LogP contribution in [-0.2, 0) is 22.7 Å². The van der Waals surface area contributed by atoms with E-state index in [-0.39, 0.29) is 24.2 Å². The minimum atomic E-state index is -0.323. The number of aromatic nitrogens is 4. The van der Waals surface area contributed by atoms with Crippen molar-refractivity contribution in [2.24, 2.45) is 0 Å². The zero-order valence-electron chi connectivity index (χ0n) is 19.0. The molecule has 176 valence electrons. The normalized spacial score (nSPS) is 10.6. The van der Waals surface area contributed by atoms with Crippen LogP contribution in [0.3, 0.4) is 0 Å². The number of carbonyl (C=O) groups is 2. The molecule has 0 spiro atoms. The minimum absolute atomic E-state index is 0.181.